The fraction of sp³-hybridized carbons (Fsp3) is 0.526. The smallest absolute Gasteiger partial charge is 0.174 e. The standard InChI is InChI=1S/C19H21Cl2NO/c1-2-7-19-8-4-3-5-14(19)16-13(6-9-19)12-15(23-11-10-22)17(20)18(16)21/h5,12H,2-4,6-9,11H2,1H3. The lowest BCUT2D eigenvalue weighted by Crippen LogP contribution is -2.30. The number of halogens is 2. The van der Waals surface area contributed by atoms with Gasteiger partial charge in [-0.15, -0.1) is 0 Å². The molecule has 3 rings (SSSR count). The van der Waals surface area contributed by atoms with Gasteiger partial charge >= 0.3 is 0 Å². The third-order valence-corrected chi connectivity index (χ3v) is 6.05. The van der Waals surface area contributed by atoms with Crippen LogP contribution in [0.25, 0.3) is 5.57 Å². The Morgan fingerprint density at radius 2 is 2.13 bits per heavy atom. The van der Waals surface area contributed by atoms with Gasteiger partial charge in [-0.25, -0.2) is 0 Å². The van der Waals surface area contributed by atoms with Crippen molar-refractivity contribution >= 4 is 28.8 Å². The normalized spacial score (nSPS) is 22.6. The number of allylic oxidation sites excluding steroid dienone is 2. The van der Waals surface area contributed by atoms with Crippen molar-refractivity contribution in [3.05, 3.63) is 33.3 Å². The molecule has 0 bridgehead atoms. The lowest BCUT2D eigenvalue weighted by molar-refractivity contribution is 0.285. The summed E-state index contributed by atoms with van der Waals surface area (Å²) in [6.07, 6.45) is 10.5. The summed E-state index contributed by atoms with van der Waals surface area (Å²) in [5.41, 5.74) is 3.99. The number of aryl methyl sites for hydroxylation is 1. The molecule has 0 heterocycles. The van der Waals surface area contributed by atoms with Crippen LogP contribution in [0.3, 0.4) is 0 Å². The molecule has 0 aromatic heterocycles. The quantitative estimate of drug-likeness (QED) is 0.648. The molecule has 1 aromatic rings. The minimum atomic E-state index is -0.0166. The molecule has 0 fully saturated rings. The van der Waals surface area contributed by atoms with Crippen LogP contribution in [-0.4, -0.2) is 6.61 Å². The first-order valence-electron chi connectivity index (χ1n) is 8.34. The van der Waals surface area contributed by atoms with E-state index in [2.05, 4.69) is 13.0 Å². The van der Waals surface area contributed by atoms with Gasteiger partial charge in [0.05, 0.1) is 5.02 Å². The van der Waals surface area contributed by atoms with Crippen molar-refractivity contribution < 1.29 is 4.74 Å². The molecule has 23 heavy (non-hydrogen) atoms. The van der Waals surface area contributed by atoms with Crippen molar-refractivity contribution in [2.75, 3.05) is 6.61 Å². The molecule has 4 heteroatoms. The van der Waals surface area contributed by atoms with Gasteiger partial charge in [-0.2, -0.15) is 5.26 Å². The number of benzene rings is 1. The van der Waals surface area contributed by atoms with Crippen molar-refractivity contribution in [2.45, 2.75) is 51.9 Å². The lowest BCUT2D eigenvalue weighted by atomic mass is 9.61. The summed E-state index contributed by atoms with van der Waals surface area (Å²) in [7, 11) is 0. The maximum absolute atomic E-state index is 8.71. The van der Waals surface area contributed by atoms with E-state index in [1.54, 1.807) is 0 Å². The Morgan fingerprint density at radius 1 is 1.30 bits per heavy atom. The van der Waals surface area contributed by atoms with Crippen molar-refractivity contribution in [1.82, 2.24) is 0 Å². The molecule has 0 N–H and O–H groups in total. The zero-order valence-corrected chi connectivity index (χ0v) is 14.9. The first-order chi connectivity index (χ1) is 11.1. The number of nitriles is 1. The van der Waals surface area contributed by atoms with Crippen molar-refractivity contribution in [3.63, 3.8) is 0 Å². The molecule has 0 aliphatic heterocycles. The van der Waals surface area contributed by atoms with Crippen LogP contribution in [0.2, 0.25) is 10.0 Å². The molecule has 122 valence electrons. The predicted octanol–water partition coefficient (Wildman–Crippen LogP) is 6.20. The summed E-state index contributed by atoms with van der Waals surface area (Å²) in [6.45, 7) is 2.24. The van der Waals surface area contributed by atoms with E-state index in [1.165, 1.54) is 36.8 Å². The first-order valence-corrected chi connectivity index (χ1v) is 9.10. The third-order valence-electron chi connectivity index (χ3n) is 5.20. The molecule has 2 nitrogen and oxygen atoms in total. The average molecular weight is 350 g/mol. The second-order valence-corrected chi connectivity index (χ2v) is 7.28. The number of ether oxygens (including phenoxy) is 1. The number of hydrogen-bond donors (Lipinski definition) is 0. The molecule has 0 saturated heterocycles. The highest BCUT2D eigenvalue weighted by Gasteiger charge is 2.40. The van der Waals surface area contributed by atoms with E-state index in [-0.39, 0.29) is 12.0 Å². The summed E-state index contributed by atoms with van der Waals surface area (Å²) in [5, 5.41) is 9.73. The van der Waals surface area contributed by atoms with Crippen LogP contribution in [0.4, 0.5) is 0 Å². The van der Waals surface area contributed by atoms with Crippen molar-refractivity contribution in [1.29, 1.82) is 5.26 Å². The second kappa shape index (κ2) is 6.75. The number of fused-ring (bicyclic) bond motifs is 3. The monoisotopic (exact) mass is 349 g/mol. The van der Waals surface area contributed by atoms with Gasteiger partial charge in [-0.3, -0.25) is 0 Å². The second-order valence-electron chi connectivity index (χ2n) is 6.52. The van der Waals surface area contributed by atoms with E-state index >= 15 is 0 Å². The molecule has 1 aromatic carbocycles. The summed E-state index contributed by atoms with van der Waals surface area (Å²) in [6, 6.07) is 3.95. The summed E-state index contributed by atoms with van der Waals surface area (Å²) < 4.78 is 5.44. The average Bonchev–Trinajstić information content (AvgIpc) is 2.56. The maximum atomic E-state index is 8.71. The molecule has 2 aliphatic carbocycles. The van der Waals surface area contributed by atoms with Crippen LogP contribution in [0.5, 0.6) is 5.75 Å². The molecule has 0 saturated carbocycles. The van der Waals surface area contributed by atoms with E-state index < -0.39 is 0 Å². The Kier molecular flexibility index (Phi) is 4.90. The van der Waals surface area contributed by atoms with Gasteiger partial charge in [0, 0.05) is 5.56 Å². The van der Waals surface area contributed by atoms with Gasteiger partial charge in [0.1, 0.15) is 16.8 Å². The van der Waals surface area contributed by atoms with Crippen LogP contribution in [0.1, 0.15) is 56.6 Å². The Hall–Kier alpha value is -1.17. The SMILES string of the molecule is CCCC12CCCC=C1c1c(cc(OCC#N)c(Cl)c1Cl)CC2. The first kappa shape index (κ1) is 16.7. The molecular formula is C19H21Cl2NO. The van der Waals surface area contributed by atoms with E-state index in [4.69, 9.17) is 33.2 Å². The van der Waals surface area contributed by atoms with Gasteiger partial charge in [0.2, 0.25) is 0 Å². The minimum absolute atomic E-state index is 0.0166. The minimum Gasteiger partial charge on any atom is -0.477 e. The van der Waals surface area contributed by atoms with Gasteiger partial charge in [-0.1, -0.05) is 42.6 Å². The number of rotatable bonds is 4. The van der Waals surface area contributed by atoms with Gasteiger partial charge in [-0.05, 0) is 61.1 Å². The third kappa shape index (κ3) is 2.86. The number of hydrogen-bond acceptors (Lipinski definition) is 2. The molecule has 1 atom stereocenters. The van der Waals surface area contributed by atoms with Gasteiger partial charge in [0.25, 0.3) is 0 Å². The van der Waals surface area contributed by atoms with Crippen molar-refractivity contribution in [3.8, 4) is 11.8 Å². The molecule has 1 unspecified atom stereocenters. The molecule has 0 amide bonds. The maximum Gasteiger partial charge on any atom is 0.174 e. The summed E-state index contributed by atoms with van der Waals surface area (Å²) >= 11 is 13.1. The highest BCUT2D eigenvalue weighted by atomic mass is 35.5. The zero-order chi connectivity index (χ0) is 16.4. The molecule has 2 aliphatic rings. The summed E-state index contributed by atoms with van der Waals surface area (Å²) in [5.74, 6) is 0.524. The molecular weight excluding hydrogens is 329 g/mol. The predicted molar refractivity (Wildman–Crippen MR) is 95.1 cm³/mol. The largest absolute Gasteiger partial charge is 0.477 e. The topological polar surface area (TPSA) is 33.0 Å². The van der Waals surface area contributed by atoms with Crippen LogP contribution in [-0.2, 0) is 6.42 Å². The van der Waals surface area contributed by atoms with Crippen LogP contribution >= 0.6 is 23.2 Å². The van der Waals surface area contributed by atoms with E-state index in [0.29, 0.717) is 15.8 Å². The Labute approximate surface area is 148 Å². The van der Waals surface area contributed by atoms with Gasteiger partial charge < -0.3 is 4.74 Å². The highest BCUT2D eigenvalue weighted by Crippen LogP contribution is 2.56. The van der Waals surface area contributed by atoms with E-state index in [0.717, 1.165) is 24.8 Å². The van der Waals surface area contributed by atoms with E-state index in [1.807, 2.05) is 12.1 Å². The van der Waals surface area contributed by atoms with Gasteiger partial charge in [0.15, 0.2) is 6.61 Å². The van der Waals surface area contributed by atoms with Crippen LogP contribution in [0, 0.1) is 16.7 Å². The molecule has 0 spiro atoms. The Morgan fingerprint density at radius 3 is 2.87 bits per heavy atom. The van der Waals surface area contributed by atoms with Crippen LogP contribution in [0.15, 0.2) is 12.1 Å². The number of nitrogens with zero attached hydrogens (tertiary/aromatic N) is 1. The Bertz CT molecular complexity index is 690. The zero-order valence-electron chi connectivity index (χ0n) is 13.4. The summed E-state index contributed by atoms with van der Waals surface area (Å²) in [4.78, 5) is 0. The Balaban J connectivity index is 2.10. The van der Waals surface area contributed by atoms with Crippen LogP contribution < -0.4 is 4.74 Å². The lowest BCUT2D eigenvalue weighted by Gasteiger charge is -2.44. The fourth-order valence-corrected chi connectivity index (χ4v) is 4.78. The van der Waals surface area contributed by atoms with Crippen molar-refractivity contribution in [2.24, 2.45) is 5.41 Å². The fourth-order valence-electron chi connectivity index (χ4n) is 4.26. The highest BCUT2D eigenvalue weighted by molar-refractivity contribution is 6.44. The molecule has 0 radical (unpaired) electrons. The van der Waals surface area contributed by atoms with E-state index in [9.17, 15) is 0 Å².